The third kappa shape index (κ3) is 6.15. The second-order valence-electron chi connectivity index (χ2n) is 14.8. The Bertz CT molecular complexity index is 3200. The van der Waals surface area contributed by atoms with Crippen molar-refractivity contribution in [2.45, 2.75) is 33.7 Å². The van der Waals surface area contributed by atoms with Gasteiger partial charge in [0.15, 0.2) is 35.3 Å². The fraction of sp³-hybridized carbons (Fsp3) is 0.100. The fourth-order valence-electron chi connectivity index (χ4n) is 8.35. The Balaban J connectivity index is 0.0000000907. The molecule has 0 saturated heterocycles. The van der Waals surface area contributed by atoms with Crippen LogP contribution in [0.3, 0.4) is 0 Å². The van der Waals surface area contributed by atoms with E-state index in [9.17, 15) is 0 Å². The number of para-hydroxylation sites is 3. The first kappa shape index (κ1) is 34.6. The van der Waals surface area contributed by atoms with Gasteiger partial charge in [0.2, 0.25) is 6.54 Å². The number of ether oxygens (including phenoxy) is 3. The van der Waals surface area contributed by atoms with Gasteiger partial charge in [-0.05, 0) is 77.5 Å². The lowest BCUT2D eigenvalue weighted by atomic mass is 10.1. The van der Waals surface area contributed by atoms with E-state index in [1.54, 1.807) is 0 Å². The standard InChI is InChI=1S/C15H11N2O.C14H10NO.C11H10NO.C10H8NO/c1-2-6-11(7-3-1)14-16-17-10-12-8-4-5-9-13(12)15(17)18-14;1-2-5-11-10(4-1)8-15-9-16-13-7-3-6-12(11)14(13)15;1-8-5-6-9-3-2-4-10-11(9)12(8)7-13-10;1-3-8-4-2-6-11-7-12-9(5-1)10(8)11/h1-9H,10H2;1-8H,9H2;2-6H,7H2,1H3;1-6H,7H2/q4*+1. The quantitative estimate of drug-likeness (QED) is 0.124. The van der Waals surface area contributed by atoms with Crippen LogP contribution in [-0.4, -0.2) is 5.10 Å². The highest BCUT2D eigenvalue weighted by Crippen LogP contribution is 2.32. The van der Waals surface area contributed by atoms with Crippen LogP contribution in [0.1, 0.15) is 11.3 Å². The predicted molar refractivity (Wildman–Crippen MR) is 223 cm³/mol. The minimum atomic E-state index is 0.626. The van der Waals surface area contributed by atoms with Crippen molar-refractivity contribution in [3.63, 3.8) is 0 Å². The van der Waals surface area contributed by atoms with Gasteiger partial charge < -0.3 is 18.6 Å². The Morgan fingerprint density at radius 1 is 0.508 bits per heavy atom. The molecule has 10 aromatic rings. The predicted octanol–water partition coefficient (Wildman–Crippen LogP) is 8.55. The second-order valence-corrected chi connectivity index (χ2v) is 14.8. The van der Waals surface area contributed by atoms with Crippen LogP contribution < -0.4 is 32.6 Å². The van der Waals surface area contributed by atoms with Crippen molar-refractivity contribution in [1.82, 2.24) is 5.10 Å². The van der Waals surface area contributed by atoms with Crippen LogP contribution in [-0.2, 0) is 26.7 Å². The lowest BCUT2D eigenvalue weighted by molar-refractivity contribution is -0.730. The van der Waals surface area contributed by atoms with E-state index in [0.717, 1.165) is 40.8 Å². The van der Waals surface area contributed by atoms with Crippen LogP contribution in [0.2, 0.25) is 0 Å². The van der Waals surface area contributed by atoms with Crippen molar-refractivity contribution in [2.75, 3.05) is 0 Å². The lowest BCUT2D eigenvalue weighted by Gasteiger charge is -1.99. The molecule has 0 N–H and O–H groups in total. The van der Waals surface area contributed by atoms with Crippen molar-refractivity contribution in [2.24, 2.45) is 0 Å². The normalized spacial score (nSPS) is 13.0. The molecular formula is C50H39N5O4+4. The van der Waals surface area contributed by atoms with Crippen LogP contribution >= 0.6 is 0 Å². The Morgan fingerprint density at radius 3 is 2.02 bits per heavy atom. The smallest absolute Gasteiger partial charge is 0.408 e. The second kappa shape index (κ2) is 14.4. The molecule has 9 heteroatoms. The zero-order chi connectivity index (χ0) is 39.3. The molecule has 0 amide bonds. The summed E-state index contributed by atoms with van der Waals surface area (Å²) in [5.41, 5.74) is 8.31. The van der Waals surface area contributed by atoms with Gasteiger partial charge in [-0.25, -0.2) is 0 Å². The van der Waals surface area contributed by atoms with Gasteiger partial charge in [0.1, 0.15) is 0 Å². The van der Waals surface area contributed by atoms with E-state index < -0.39 is 0 Å². The largest absolute Gasteiger partial charge is 0.429 e. The summed E-state index contributed by atoms with van der Waals surface area (Å²) in [6, 6.07) is 53.6. The van der Waals surface area contributed by atoms with Crippen molar-refractivity contribution < 1.29 is 37.0 Å². The molecule has 14 rings (SSSR count). The number of fused-ring (bicyclic) bond motifs is 5. The molecule has 4 aliphatic heterocycles. The summed E-state index contributed by atoms with van der Waals surface area (Å²) in [5, 5.41) is 10.8. The van der Waals surface area contributed by atoms with E-state index >= 15 is 0 Å². The van der Waals surface area contributed by atoms with Gasteiger partial charge in [-0.15, -0.1) is 0 Å². The van der Waals surface area contributed by atoms with Crippen molar-refractivity contribution >= 4 is 43.5 Å². The fourth-order valence-corrected chi connectivity index (χ4v) is 8.35. The van der Waals surface area contributed by atoms with Crippen LogP contribution in [0.4, 0.5) is 0 Å². The molecule has 4 aliphatic rings. The van der Waals surface area contributed by atoms with E-state index in [2.05, 4.69) is 111 Å². The van der Waals surface area contributed by atoms with Gasteiger partial charge in [-0.1, -0.05) is 72.8 Å². The summed E-state index contributed by atoms with van der Waals surface area (Å²) in [6.45, 7) is 4.83. The van der Waals surface area contributed by atoms with E-state index in [4.69, 9.17) is 18.6 Å². The molecule has 8 heterocycles. The zero-order valence-electron chi connectivity index (χ0n) is 32.4. The molecule has 6 aromatic carbocycles. The number of hydrogen-bond donors (Lipinski definition) is 0. The van der Waals surface area contributed by atoms with Crippen LogP contribution in [0.25, 0.3) is 66.4 Å². The van der Waals surface area contributed by atoms with Gasteiger partial charge in [0.05, 0.1) is 21.7 Å². The Kier molecular flexibility index (Phi) is 8.43. The maximum atomic E-state index is 5.89. The number of pyridine rings is 3. The summed E-state index contributed by atoms with van der Waals surface area (Å²) in [7, 11) is 0. The van der Waals surface area contributed by atoms with Gasteiger partial charge >= 0.3 is 5.89 Å². The molecule has 59 heavy (non-hydrogen) atoms. The summed E-state index contributed by atoms with van der Waals surface area (Å²) in [6.07, 6.45) is 4.20. The van der Waals surface area contributed by atoms with E-state index in [1.165, 1.54) is 54.7 Å². The Hall–Kier alpha value is -7.65. The average Bonchev–Trinajstić information content (AvgIpc) is 4.14. The maximum Gasteiger partial charge on any atom is 0.408 e. The first-order chi connectivity index (χ1) is 29.2. The van der Waals surface area contributed by atoms with Gasteiger partial charge in [-0.3, -0.25) is 0 Å². The highest BCUT2D eigenvalue weighted by atomic mass is 16.5. The molecule has 0 saturated carbocycles. The first-order valence-corrected chi connectivity index (χ1v) is 19.8. The van der Waals surface area contributed by atoms with Crippen LogP contribution in [0, 0.1) is 6.92 Å². The number of benzene rings is 6. The van der Waals surface area contributed by atoms with E-state index in [-0.39, 0.29) is 0 Å². The van der Waals surface area contributed by atoms with E-state index in [1.807, 2.05) is 89.7 Å². The molecule has 0 fully saturated rings. The van der Waals surface area contributed by atoms with Crippen molar-refractivity contribution in [3.8, 4) is 40.2 Å². The third-order valence-corrected chi connectivity index (χ3v) is 11.2. The molecule has 0 spiro atoms. The molecule has 0 bridgehead atoms. The van der Waals surface area contributed by atoms with Crippen molar-refractivity contribution in [3.05, 3.63) is 181 Å². The van der Waals surface area contributed by atoms with Gasteiger partial charge in [0, 0.05) is 46.1 Å². The maximum absolute atomic E-state index is 5.89. The molecule has 0 unspecified atom stereocenters. The van der Waals surface area contributed by atoms with Crippen LogP contribution in [0.15, 0.2) is 175 Å². The summed E-state index contributed by atoms with van der Waals surface area (Å²) >= 11 is 0. The zero-order valence-corrected chi connectivity index (χ0v) is 32.4. The monoisotopic (exact) mass is 773 g/mol. The minimum Gasteiger partial charge on any atom is -0.429 e. The number of nitrogens with zero attached hydrogens (tertiary/aromatic N) is 5. The van der Waals surface area contributed by atoms with Crippen LogP contribution in [0.5, 0.6) is 17.2 Å². The summed E-state index contributed by atoms with van der Waals surface area (Å²) in [5.74, 6) is 4.52. The number of aryl methyl sites for hydroxylation is 1. The molecular weight excluding hydrogens is 735 g/mol. The third-order valence-electron chi connectivity index (χ3n) is 11.2. The SMILES string of the molecule is Cc1ccc2cccc3c2[n+]1CO3.c1cc2c3c(c1)ccc[n+]3CO2.c1ccc(-c2n[n+]3c(o2)-c2ccccc2C3)cc1.c1ccc2c(c1)c[n+]1c3c(cccc23)OC1. The molecule has 0 radical (unpaired) electrons. The summed E-state index contributed by atoms with van der Waals surface area (Å²) < 4.78 is 31.0. The number of hydrogen-bond acceptors (Lipinski definition) is 5. The molecule has 9 nitrogen and oxygen atoms in total. The molecule has 0 atom stereocenters. The Morgan fingerprint density at radius 2 is 1.15 bits per heavy atom. The molecule has 4 aromatic heterocycles. The summed E-state index contributed by atoms with van der Waals surface area (Å²) in [4.78, 5) is 0. The molecule has 0 aliphatic carbocycles. The Labute approximate surface area is 339 Å². The van der Waals surface area contributed by atoms with Gasteiger partial charge in [-0.2, -0.15) is 13.7 Å². The van der Waals surface area contributed by atoms with E-state index in [0.29, 0.717) is 26.1 Å². The average molecular weight is 774 g/mol. The highest BCUT2D eigenvalue weighted by Gasteiger charge is 2.34. The first-order valence-electron chi connectivity index (χ1n) is 19.8. The topological polar surface area (TPSA) is 69.2 Å². The highest BCUT2D eigenvalue weighted by molar-refractivity contribution is 6.05. The number of aromatic nitrogens is 5. The minimum absolute atomic E-state index is 0.626. The molecule has 284 valence electrons. The lowest BCUT2D eigenvalue weighted by Crippen LogP contribution is -2.35. The van der Waals surface area contributed by atoms with Gasteiger partial charge in [0.25, 0.3) is 42.6 Å². The van der Waals surface area contributed by atoms with Crippen molar-refractivity contribution in [1.29, 1.82) is 0 Å². The number of rotatable bonds is 1.